The number of halogens is 1. The maximum Gasteiger partial charge on any atom is 0.272 e. The SMILES string of the molecule is Cc1cc(C(=O)N2CCN(c3ccccc3F)CC2)nc(NCCC(C)C)n1. The summed E-state index contributed by atoms with van der Waals surface area (Å²) in [5.41, 5.74) is 1.75. The first-order chi connectivity index (χ1) is 13.4. The van der Waals surface area contributed by atoms with Crippen molar-refractivity contribution in [3.8, 4) is 0 Å². The summed E-state index contributed by atoms with van der Waals surface area (Å²) in [6.45, 7) is 9.22. The second-order valence-corrected chi connectivity index (χ2v) is 7.56. The third-order valence-electron chi connectivity index (χ3n) is 4.84. The van der Waals surface area contributed by atoms with Gasteiger partial charge in [0.2, 0.25) is 5.95 Å². The molecule has 2 heterocycles. The normalized spacial score (nSPS) is 14.5. The van der Waals surface area contributed by atoms with Crippen LogP contribution in [0.2, 0.25) is 0 Å². The number of piperazine rings is 1. The smallest absolute Gasteiger partial charge is 0.272 e. The van der Waals surface area contributed by atoms with Crippen molar-refractivity contribution in [3.63, 3.8) is 0 Å². The molecule has 1 N–H and O–H groups in total. The first-order valence-corrected chi connectivity index (χ1v) is 9.82. The zero-order valence-electron chi connectivity index (χ0n) is 16.8. The molecule has 0 spiro atoms. The third kappa shape index (κ3) is 4.97. The number of nitrogens with zero attached hydrogens (tertiary/aromatic N) is 4. The van der Waals surface area contributed by atoms with Crippen LogP contribution >= 0.6 is 0 Å². The summed E-state index contributed by atoms with van der Waals surface area (Å²) in [5.74, 6) is 0.745. The number of amides is 1. The molecular formula is C21H28FN5O. The number of anilines is 2. The molecule has 0 atom stereocenters. The number of hydrogen-bond acceptors (Lipinski definition) is 5. The van der Waals surface area contributed by atoms with Crippen LogP contribution in [0, 0.1) is 18.7 Å². The first-order valence-electron chi connectivity index (χ1n) is 9.82. The average molecular weight is 385 g/mol. The molecule has 6 nitrogen and oxygen atoms in total. The van der Waals surface area contributed by atoms with Gasteiger partial charge in [0.25, 0.3) is 5.91 Å². The minimum absolute atomic E-state index is 0.106. The molecule has 1 amide bonds. The Morgan fingerprint density at radius 3 is 2.57 bits per heavy atom. The Bertz CT molecular complexity index is 818. The molecule has 7 heteroatoms. The van der Waals surface area contributed by atoms with Gasteiger partial charge in [-0.15, -0.1) is 0 Å². The quantitative estimate of drug-likeness (QED) is 0.826. The van der Waals surface area contributed by atoms with Crippen LogP contribution in [-0.2, 0) is 0 Å². The van der Waals surface area contributed by atoms with Crippen LogP contribution < -0.4 is 10.2 Å². The molecule has 0 saturated carbocycles. The molecule has 0 radical (unpaired) electrons. The van der Waals surface area contributed by atoms with Gasteiger partial charge in [0.05, 0.1) is 5.69 Å². The molecule has 0 bridgehead atoms. The van der Waals surface area contributed by atoms with E-state index in [0.29, 0.717) is 49.4 Å². The van der Waals surface area contributed by atoms with Gasteiger partial charge < -0.3 is 15.1 Å². The van der Waals surface area contributed by atoms with Crippen LogP contribution in [0.15, 0.2) is 30.3 Å². The van der Waals surface area contributed by atoms with E-state index < -0.39 is 0 Å². The van der Waals surface area contributed by atoms with E-state index in [-0.39, 0.29) is 11.7 Å². The summed E-state index contributed by atoms with van der Waals surface area (Å²) in [4.78, 5) is 25.4. The fraction of sp³-hybridized carbons (Fsp3) is 0.476. The number of rotatable bonds is 6. The Morgan fingerprint density at radius 2 is 1.89 bits per heavy atom. The third-order valence-corrected chi connectivity index (χ3v) is 4.84. The lowest BCUT2D eigenvalue weighted by atomic mass is 10.1. The van der Waals surface area contributed by atoms with Crippen molar-refractivity contribution in [2.45, 2.75) is 27.2 Å². The summed E-state index contributed by atoms with van der Waals surface area (Å²) in [6.07, 6.45) is 1.01. The van der Waals surface area contributed by atoms with E-state index in [0.717, 1.165) is 18.7 Å². The Morgan fingerprint density at radius 1 is 1.18 bits per heavy atom. The number of para-hydroxylation sites is 1. The lowest BCUT2D eigenvalue weighted by Crippen LogP contribution is -2.49. The standard InChI is InChI=1S/C21H28FN5O/c1-15(2)8-9-23-21-24-16(3)14-18(25-21)20(28)27-12-10-26(11-13-27)19-7-5-4-6-17(19)22/h4-7,14-15H,8-13H2,1-3H3,(H,23,24,25). The topological polar surface area (TPSA) is 61.4 Å². The number of aryl methyl sites for hydroxylation is 1. The molecule has 0 unspecified atom stereocenters. The molecule has 28 heavy (non-hydrogen) atoms. The maximum atomic E-state index is 14.0. The molecule has 150 valence electrons. The number of nitrogens with one attached hydrogen (secondary N) is 1. The van der Waals surface area contributed by atoms with Crippen LogP contribution in [0.5, 0.6) is 0 Å². The Balaban J connectivity index is 1.63. The van der Waals surface area contributed by atoms with Crippen LogP contribution in [0.3, 0.4) is 0 Å². The number of carbonyl (C=O) groups excluding carboxylic acids is 1. The van der Waals surface area contributed by atoms with Gasteiger partial charge in [-0.25, -0.2) is 14.4 Å². The van der Waals surface area contributed by atoms with E-state index in [2.05, 4.69) is 29.1 Å². The van der Waals surface area contributed by atoms with Crippen molar-refractivity contribution < 1.29 is 9.18 Å². The Hall–Kier alpha value is -2.70. The van der Waals surface area contributed by atoms with Gasteiger partial charge in [0, 0.05) is 38.4 Å². The van der Waals surface area contributed by atoms with Crippen molar-refractivity contribution >= 4 is 17.5 Å². The van der Waals surface area contributed by atoms with E-state index in [1.54, 1.807) is 23.1 Å². The van der Waals surface area contributed by atoms with Crippen molar-refractivity contribution in [2.75, 3.05) is 42.9 Å². The summed E-state index contributed by atoms with van der Waals surface area (Å²) in [6, 6.07) is 8.47. The average Bonchev–Trinajstić information content (AvgIpc) is 2.67. The molecule has 1 fully saturated rings. The molecular weight excluding hydrogens is 357 g/mol. The second kappa shape index (κ2) is 8.99. The first kappa shape index (κ1) is 20.0. The van der Waals surface area contributed by atoms with Crippen LogP contribution in [-0.4, -0.2) is 53.5 Å². The molecule has 3 rings (SSSR count). The predicted molar refractivity (Wildman–Crippen MR) is 109 cm³/mol. The predicted octanol–water partition coefficient (Wildman–Crippen LogP) is 3.34. The highest BCUT2D eigenvalue weighted by molar-refractivity contribution is 5.92. The van der Waals surface area contributed by atoms with Gasteiger partial charge in [0.1, 0.15) is 11.5 Å². The molecule has 0 aliphatic carbocycles. The van der Waals surface area contributed by atoms with Gasteiger partial charge in [0.15, 0.2) is 0 Å². The maximum absolute atomic E-state index is 14.0. The lowest BCUT2D eigenvalue weighted by molar-refractivity contribution is 0.0740. The van der Waals surface area contributed by atoms with Crippen LogP contribution in [0.1, 0.15) is 36.5 Å². The second-order valence-electron chi connectivity index (χ2n) is 7.56. The molecule has 1 aliphatic rings. The Labute approximate surface area is 165 Å². The van der Waals surface area contributed by atoms with Gasteiger partial charge in [-0.05, 0) is 37.5 Å². The van der Waals surface area contributed by atoms with Crippen molar-refractivity contribution in [1.29, 1.82) is 0 Å². The van der Waals surface area contributed by atoms with E-state index in [1.807, 2.05) is 17.9 Å². The Kier molecular flexibility index (Phi) is 6.44. The van der Waals surface area contributed by atoms with E-state index in [9.17, 15) is 9.18 Å². The van der Waals surface area contributed by atoms with Gasteiger partial charge in [-0.3, -0.25) is 4.79 Å². The summed E-state index contributed by atoms with van der Waals surface area (Å²) >= 11 is 0. The van der Waals surface area contributed by atoms with Crippen molar-refractivity contribution in [1.82, 2.24) is 14.9 Å². The minimum Gasteiger partial charge on any atom is -0.366 e. The molecule has 2 aromatic rings. The monoisotopic (exact) mass is 385 g/mol. The summed E-state index contributed by atoms with van der Waals surface area (Å²) in [5, 5.41) is 3.21. The highest BCUT2D eigenvalue weighted by atomic mass is 19.1. The number of carbonyl (C=O) groups is 1. The zero-order valence-corrected chi connectivity index (χ0v) is 16.8. The largest absolute Gasteiger partial charge is 0.366 e. The molecule has 1 saturated heterocycles. The van der Waals surface area contributed by atoms with E-state index in [1.165, 1.54) is 6.07 Å². The molecule has 1 aliphatic heterocycles. The molecule has 1 aromatic heterocycles. The summed E-state index contributed by atoms with van der Waals surface area (Å²) in [7, 11) is 0. The van der Waals surface area contributed by atoms with Gasteiger partial charge in [-0.1, -0.05) is 26.0 Å². The van der Waals surface area contributed by atoms with Gasteiger partial charge in [-0.2, -0.15) is 0 Å². The van der Waals surface area contributed by atoms with Crippen LogP contribution in [0.4, 0.5) is 16.0 Å². The molecule has 1 aromatic carbocycles. The van der Waals surface area contributed by atoms with E-state index >= 15 is 0 Å². The lowest BCUT2D eigenvalue weighted by Gasteiger charge is -2.36. The number of aromatic nitrogens is 2. The number of benzene rings is 1. The van der Waals surface area contributed by atoms with Gasteiger partial charge >= 0.3 is 0 Å². The van der Waals surface area contributed by atoms with Crippen molar-refractivity contribution in [3.05, 3.63) is 47.5 Å². The number of hydrogen-bond donors (Lipinski definition) is 1. The van der Waals surface area contributed by atoms with E-state index in [4.69, 9.17) is 0 Å². The van der Waals surface area contributed by atoms with Crippen molar-refractivity contribution in [2.24, 2.45) is 5.92 Å². The summed E-state index contributed by atoms with van der Waals surface area (Å²) < 4.78 is 14.0. The zero-order chi connectivity index (χ0) is 20.1. The van der Waals surface area contributed by atoms with Crippen LogP contribution in [0.25, 0.3) is 0 Å². The highest BCUT2D eigenvalue weighted by Gasteiger charge is 2.24. The fourth-order valence-electron chi connectivity index (χ4n) is 3.25. The fourth-order valence-corrected chi connectivity index (χ4v) is 3.25. The highest BCUT2D eigenvalue weighted by Crippen LogP contribution is 2.21. The minimum atomic E-state index is -0.231.